The molecule has 0 aliphatic carbocycles. The fourth-order valence-electron chi connectivity index (χ4n) is 2.87. The number of thiazole rings is 2. The highest BCUT2D eigenvalue weighted by Gasteiger charge is 2.18. The Morgan fingerprint density at radius 1 is 0.964 bits per heavy atom. The van der Waals surface area contributed by atoms with Crippen LogP contribution in [0.15, 0.2) is 41.8 Å². The van der Waals surface area contributed by atoms with Crippen molar-refractivity contribution in [3.05, 3.63) is 68.5 Å². The number of nitrogens with zero attached hydrogens (tertiary/aromatic N) is 2. The molecule has 1 aromatic carbocycles. The highest BCUT2D eigenvalue weighted by molar-refractivity contribution is 7.22. The predicted octanol–water partition coefficient (Wildman–Crippen LogP) is 5.85. The van der Waals surface area contributed by atoms with E-state index in [1.807, 2.05) is 43.5 Å². The van der Waals surface area contributed by atoms with E-state index in [2.05, 4.69) is 29.4 Å². The summed E-state index contributed by atoms with van der Waals surface area (Å²) in [5.41, 5.74) is 4.08. The Bertz CT molecular complexity index is 1130. The summed E-state index contributed by atoms with van der Waals surface area (Å²) in [5, 5.41) is 6.95. The van der Waals surface area contributed by atoms with Crippen LogP contribution in [0.5, 0.6) is 0 Å². The first-order valence-electron chi connectivity index (χ1n) is 8.84. The molecule has 4 rings (SSSR count). The number of carbonyl (C=O) groups excluding carboxylic acids is 1. The second kappa shape index (κ2) is 7.95. The molecule has 4 aromatic rings. The van der Waals surface area contributed by atoms with Gasteiger partial charge in [0.25, 0.3) is 5.91 Å². The van der Waals surface area contributed by atoms with E-state index < -0.39 is 0 Å². The number of nitrogens with one attached hydrogen (secondary N) is 1. The lowest BCUT2D eigenvalue weighted by Crippen LogP contribution is -2.22. The Kier molecular flexibility index (Phi) is 5.39. The largest absolute Gasteiger partial charge is 0.346 e. The third kappa shape index (κ3) is 3.78. The number of rotatable bonds is 5. The van der Waals surface area contributed by atoms with Gasteiger partial charge in [-0.25, -0.2) is 9.97 Å². The second-order valence-corrected chi connectivity index (χ2v) is 9.47. The maximum atomic E-state index is 12.7. The summed E-state index contributed by atoms with van der Waals surface area (Å²) in [5.74, 6) is -0.0805. The number of aromatic nitrogens is 2. The van der Waals surface area contributed by atoms with Gasteiger partial charge in [-0.1, -0.05) is 30.3 Å². The smallest absolute Gasteiger partial charge is 0.263 e. The Morgan fingerprint density at radius 2 is 1.75 bits per heavy atom. The number of benzene rings is 1. The van der Waals surface area contributed by atoms with Crippen LogP contribution in [0.4, 0.5) is 0 Å². The standard InChI is InChI=1S/C21H19N3OS3/c1-12-7-4-5-8-15(12)20-23-13(2)17(27-20)11-22-19(25)18-14(3)24-21(28-18)16-9-6-10-26-16/h4-10H,11H2,1-3H3,(H,22,25). The summed E-state index contributed by atoms with van der Waals surface area (Å²) in [6.07, 6.45) is 0. The lowest BCUT2D eigenvalue weighted by Gasteiger charge is -2.02. The second-order valence-electron chi connectivity index (χ2n) is 6.44. The van der Waals surface area contributed by atoms with E-state index in [1.54, 1.807) is 22.7 Å². The topological polar surface area (TPSA) is 54.9 Å². The number of hydrogen-bond donors (Lipinski definition) is 1. The molecular weight excluding hydrogens is 406 g/mol. The third-order valence-electron chi connectivity index (χ3n) is 4.41. The first kappa shape index (κ1) is 19.0. The van der Waals surface area contributed by atoms with Crippen molar-refractivity contribution in [3.8, 4) is 20.5 Å². The molecule has 1 N–H and O–H groups in total. The van der Waals surface area contributed by atoms with Crippen molar-refractivity contribution >= 4 is 39.9 Å². The van der Waals surface area contributed by atoms with Crippen molar-refractivity contribution < 1.29 is 4.79 Å². The summed E-state index contributed by atoms with van der Waals surface area (Å²) < 4.78 is 0. The predicted molar refractivity (Wildman–Crippen MR) is 118 cm³/mol. The van der Waals surface area contributed by atoms with Crippen LogP contribution in [0.25, 0.3) is 20.5 Å². The van der Waals surface area contributed by atoms with Crippen LogP contribution in [-0.2, 0) is 6.54 Å². The van der Waals surface area contributed by atoms with Crippen LogP contribution in [0.3, 0.4) is 0 Å². The molecule has 0 unspecified atom stereocenters. The molecule has 0 bridgehead atoms. The maximum Gasteiger partial charge on any atom is 0.263 e. The molecule has 28 heavy (non-hydrogen) atoms. The lowest BCUT2D eigenvalue weighted by molar-refractivity contribution is 0.0954. The normalized spacial score (nSPS) is 11.0. The zero-order valence-electron chi connectivity index (χ0n) is 15.8. The molecule has 3 heterocycles. The van der Waals surface area contributed by atoms with Crippen LogP contribution in [0, 0.1) is 20.8 Å². The zero-order valence-corrected chi connectivity index (χ0v) is 18.2. The fraction of sp³-hybridized carbons (Fsp3) is 0.190. The van der Waals surface area contributed by atoms with Crippen LogP contribution in [-0.4, -0.2) is 15.9 Å². The van der Waals surface area contributed by atoms with Gasteiger partial charge in [0.1, 0.15) is 14.9 Å². The Morgan fingerprint density at radius 3 is 2.50 bits per heavy atom. The van der Waals surface area contributed by atoms with E-state index in [1.165, 1.54) is 16.9 Å². The molecule has 0 radical (unpaired) electrons. The molecular formula is C21H19N3OS3. The Hall–Kier alpha value is -2.35. The SMILES string of the molecule is Cc1ccccc1-c1nc(C)c(CNC(=O)c2sc(-c3cccs3)nc2C)s1. The van der Waals surface area contributed by atoms with Gasteiger partial charge in [-0.05, 0) is 37.8 Å². The van der Waals surface area contributed by atoms with Crippen LogP contribution in [0.1, 0.15) is 31.5 Å². The molecule has 0 fully saturated rings. The van der Waals surface area contributed by atoms with Crippen molar-refractivity contribution in [2.24, 2.45) is 0 Å². The number of hydrogen-bond acceptors (Lipinski definition) is 6. The monoisotopic (exact) mass is 425 g/mol. The van der Waals surface area contributed by atoms with Crippen molar-refractivity contribution in [1.29, 1.82) is 0 Å². The van der Waals surface area contributed by atoms with Crippen molar-refractivity contribution in [2.75, 3.05) is 0 Å². The molecule has 7 heteroatoms. The third-order valence-corrected chi connectivity index (χ3v) is 7.80. The quantitative estimate of drug-likeness (QED) is 0.436. The highest BCUT2D eigenvalue weighted by atomic mass is 32.1. The minimum Gasteiger partial charge on any atom is -0.346 e. The molecule has 4 nitrogen and oxygen atoms in total. The first-order chi connectivity index (χ1) is 13.5. The summed E-state index contributed by atoms with van der Waals surface area (Å²) in [6.45, 7) is 6.44. The molecule has 0 saturated heterocycles. The van der Waals surface area contributed by atoms with Crippen LogP contribution >= 0.6 is 34.0 Å². The first-order valence-corrected chi connectivity index (χ1v) is 11.4. The molecule has 0 aliphatic rings. The average Bonchev–Trinajstić information content (AvgIpc) is 3.40. The van der Waals surface area contributed by atoms with Gasteiger partial charge in [0.15, 0.2) is 0 Å². The van der Waals surface area contributed by atoms with Crippen molar-refractivity contribution in [2.45, 2.75) is 27.3 Å². The number of thiophene rings is 1. The maximum absolute atomic E-state index is 12.7. The van der Waals surface area contributed by atoms with E-state index in [9.17, 15) is 4.79 Å². The summed E-state index contributed by atoms with van der Waals surface area (Å²) in [4.78, 5) is 24.8. The molecule has 0 saturated carbocycles. The minimum absolute atomic E-state index is 0.0805. The fourth-order valence-corrected chi connectivity index (χ4v) is 5.75. The molecule has 0 atom stereocenters. The molecule has 0 spiro atoms. The number of aryl methyl sites for hydroxylation is 3. The van der Waals surface area contributed by atoms with E-state index in [4.69, 9.17) is 4.98 Å². The summed E-state index contributed by atoms with van der Waals surface area (Å²) in [6, 6.07) is 12.3. The van der Waals surface area contributed by atoms with Gasteiger partial charge in [-0.3, -0.25) is 4.79 Å². The van der Waals surface area contributed by atoms with Crippen molar-refractivity contribution in [1.82, 2.24) is 15.3 Å². The zero-order chi connectivity index (χ0) is 19.7. The van der Waals surface area contributed by atoms with E-state index >= 15 is 0 Å². The molecule has 3 aromatic heterocycles. The van der Waals surface area contributed by atoms with Crippen LogP contribution < -0.4 is 5.32 Å². The van der Waals surface area contributed by atoms with Gasteiger partial charge in [0.2, 0.25) is 0 Å². The Balaban J connectivity index is 1.49. The van der Waals surface area contributed by atoms with Gasteiger partial charge < -0.3 is 5.32 Å². The number of carbonyl (C=O) groups is 1. The molecule has 1 amide bonds. The van der Waals surface area contributed by atoms with Gasteiger partial charge in [-0.15, -0.1) is 34.0 Å². The van der Waals surface area contributed by atoms with Gasteiger partial charge in [0, 0.05) is 10.4 Å². The minimum atomic E-state index is -0.0805. The van der Waals surface area contributed by atoms with Crippen LogP contribution in [0.2, 0.25) is 0 Å². The highest BCUT2D eigenvalue weighted by Crippen LogP contribution is 2.32. The molecule has 0 aliphatic heterocycles. The van der Waals surface area contributed by atoms with E-state index in [-0.39, 0.29) is 5.91 Å². The lowest BCUT2D eigenvalue weighted by atomic mass is 10.1. The van der Waals surface area contributed by atoms with Gasteiger partial charge in [-0.2, -0.15) is 0 Å². The Labute approximate surface area is 175 Å². The van der Waals surface area contributed by atoms with E-state index in [0.29, 0.717) is 11.4 Å². The molecule has 142 valence electrons. The summed E-state index contributed by atoms with van der Waals surface area (Å²) in [7, 11) is 0. The van der Waals surface area contributed by atoms with E-state index in [0.717, 1.165) is 36.7 Å². The number of amides is 1. The van der Waals surface area contributed by atoms with Crippen molar-refractivity contribution in [3.63, 3.8) is 0 Å². The average molecular weight is 426 g/mol. The summed E-state index contributed by atoms with van der Waals surface area (Å²) >= 11 is 4.71. The van der Waals surface area contributed by atoms with Gasteiger partial charge in [0.05, 0.1) is 22.8 Å². The van der Waals surface area contributed by atoms with Gasteiger partial charge >= 0.3 is 0 Å².